The van der Waals surface area contributed by atoms with Crippen molar-refractivity contribution in [1.29, 1.82) is 0 Å². The Labute approximate surface area is 81.9 Å². The first-order chi connectivity index (χ1) is 6.79. The first-order valence-corrected chi connectivity index (χ1v) is 3.80. The molecule has 82 valence electrons. The van der Waals surface area contributed by atoms with Gasteiger partial charge in [-0.3, -0.25) is 9.78 Å². The van der Waals surface area contributed by atoms with Crippen molar-refractivity contribution in [2.24, 2.45) is 5.73 Å². The molecule has 0 aliphatic heterocycles. The summed E-state index contributed by atoms with van der Waals surface area (Å²) in [5, 5.41) is 0. The molecule has 0 unspecified atom stereocenters. The molecule has 1 aromatic heterocycles. The highest BCUT2D eigenvalue weighted by Crippen LogP contribution is 2.22. The Morgan fingerprint density at radius 3 is 2.53 bits per heavy atom. The second-order valence-electron chi connectivity index (χ2n) is 2.80. The van der Waals surface area contributed by atoms with Crippen LogP contribution in [0.5, 0.6) is 0 Å². The number of carbonyl (C=O) groups excluding carboxylic acids is 1. The Morgan fingerprint density at radius 2 is 2.07 bits per heavy atom. The zero-order chi connectivity index (χ0) is 11.6. The molecular weight excluding hydrogens is 216 g/mol. The van der Waals surface area contributed by atoms with E-state index in [1.165, 1.54) is 0 Å². The van der Waals surface area contributed by atoms with Crippen LogP contribution in [0.15, 0.2) is 12.3 Å². The lowest BCUT2D eigenvalue weighted by Gasteiger charge is -2.08. The van der Waals surface area contributed by atoms with Crippen LogP contribution in [0.25, 0.3) is 0 Å². The van der Waals surface area contributed by atoms with Crippen LogP contribution >= 0.6 is 0 Å². The van der Waals surface area contributed by atoms with Crippen LogP contribution in [0.3, 0.4) is 0 Å². The summed E-state index contributed by atoms with van der Waals surface area (Å²) in [5.74, 6) is -2.05. The van der Waals surface area contributed by atoms with Crippen molar-refractivity contribution in [3.05, 3.63) is 29.3 Å². The highest BCUT2D eigenvalue weighted by Gasteiger charge is 2.30. The summed E-state index contributed by atoms with van der Waals surface area (Å²) in [5.41, 5.74) is 3.67. The molecule has 7 heteroatoms. The van der Waals surface area contributed by atoms with Crippen LogP contribution in [0, 0.1) is 5.82 Å². The van der Waals surface area contributed by atoms with E-state index in [1.807, 2.05) is 0 Å². The van der Waals surface area contributed by atoms with Crippen LogP contribution < -0.4 is 5.73 Å². The van der Waals surface area contributed by atoms with Gasteiger partial charge in [0.2, 0.25) is 0 Å². The third kappa shape index (κ3) is 3.19. The molecule has 0 spiro atoms. The fourth-order valence-electron chi connectivity index (χ4n) is 1.01. The van der Waals surface area contributed by atoms with E-state index in [-0.39, 0.29) is 0 Å². The lowest BCUT2D eigenvalue weighted by molar-refractivity contribution is -0.127. The number of halogens is 4. The number of aromatic nitrogens is 1. The van der Waals surface area contributed by atoms with Gasteiger partial charge in [0.1, 0.15) is 5.82 Å². The predicted octanol–water partition coefficient (Wildman–Crippen LogP) is 1.42. The average molecular weight is 222 g/mol. The van der Waals surface area contributed by atoms with Gasteiger partial charge in [0.15, 0.2) is 0 Å². The largest absolute Gasteiger partial charge is 0.394 e. The van der Waals surface area contributed by atoms with E-state index in [0.717, 1.165) is 0 Å². The molecule has 1 heterocycles. The molecule has 0 radical (unpaired) electrons. The summed E-state index contributed by atoms with van der Waals surface area (Å²) >= 11 is 0. The van der Waals surface area contributed by atoms with Crippen LogP contribution in [-0.4, -0.2) is 17.1 Å². The van der Waals surface area contributed by atoms with Crippen molar-refractivity contribution in [2.45, 2.75) is 12.6 Å². The molecule has 0 atom stereocenters. The van der Waals surface area contributed by atoms with E-state index in [4.69, 9.17) is 5.73 Å². The second kappa shape index (κ2) is 3.84. The summed E-state index contributed by atoms with van der Waals surface area (Å²) in [6, 6.07) is 0.635. The second-order valence-corrected chi connectivity index (χ2v) is 2.80. The van der Waals surface area contributed by atoms with E-state index in [1.54, 1.807) is 0 Å². The molecule has 0 aliphatic rings. The van der Waals surface area contributed by atoms with Gasteiger partial charge in [-0.05, 0) is 6.07 Å². The van der Waals surface area contributed by atoms with Gasteiger partial charge in [0.05, 0.1) is 23.9 Å². The van der Waals surface area contributed by atoms with Gasteiger partial charge < -0.3 is 5.73 Å². The summed E-state index contributed by atoms with van der Waals surface area (Å²) in [6.45, 7) is 0. The standard InChI is InChI=1S/C8H6F4N2O/c9-4-1-5(7(13)15)6(14-3-4)2-8(10,11)12/h1,3H,2H2,(H2,13,15). The number of primary amides is 1. The Kier molecular flexibility index (Phi) is 2.92. The van der Waals surface area contributed by atoms with E-state index in [2.05, 4.69) is 4.98 Å². The number of hydrogen-bond donors (Lipinski definition) is 1. The zero-order valence-electron chi connectivity index (χ0n) is 7.31. The molecule has 0 aromatic carbocycles. The number of nitrogens with two attached hydrogens (primary N) is 1. The van der Waals surface area contributed by atoms with Gasteiger partial charge in [0, 0.05) is 0 Å². The molecule has 0 fully saturated rings. The SMILES string of the molecule is NC(=O)c1cc(F)cnc1CC(F)(F)F. The monoisotopic (exact) mass is 222 g/mol. The average Bonchev–Trinajstić information content (AvgIpc) is 2.05. The molecule has 1 aromatic rings. The smallest absolute Gasteiger partial charge is 0.366 e. The van der Waals surface area contributed by atoms with E-state index >= 15 is 0 Å². The van der Waals surface area contributed by atoms with Crippen molar-refractivity contribution in [2.75, 3.05) is 0 Å². The summed E-state index contributed by atoms with van der Waals surface area (Å²) in [6.07, 6.45) is -5.33. The van der Waals surface area contributed by atoms with Crippen LogP contribution in [-0.2, 0) is 6.42 Å². The molecule has 1 rings (SSSR count). The predicted molar refractivity (Wildman–Crippen MR) is 42.5 cm³/mol. The number of hydrogen-bond acceptors (Lipinski definition) is 2. The first kappa shape index (κ1) is 11.4. The Morgan fingerprint density at radius 1 is 1.47 bits per heavy atom. The van der Waals surface area contributed by atoms with Crippen molar-refractivity contribution in [1.82, 2.24) is 4.98 Å². The van der Waals surface area contributed by atoms with Crippen molar-refractivity contribution in [3.8, 4) is 0 Å². The fraction of sp³-hybridized carbons (Fsp3) is 0.250. The van der Waals surface area contributed by atoms with Crippen molar-refractivity contribution < 1.29 is 22.4 Å². The highest BCUT2D eigenvalue weighted by atomic mass is 19.4. The van der Waals surface area contributed by atoms with Gasteiger partial charge in [-0.2, -0.15) is 13.2 Å². The minimum absolute atomic E-state index is 0.549. The fourth-order valence-corrected chi connectivity index (χ4v) is 1.01. The molecule has 3 nitrogen and oxygen atoms in total. The number of alkyl halides is 3. The number of nitrogens with zero attached hydrogens (tertiary/aromatic N) is 1. The Hall–Kier alpha value is -1.66. The molecule has 0 aliphatic carbocycles. The maximum atomic E-state index is 12.6. The normalized spacial score (nSPS) is 11.5. The molecule has 0 saturated heterocycles. The topological polar surface area (TPSA) is 56.0 Å². The van der Waals surface area contributed by atoms with E-state index in [0.29, 0.717) is 12.3 Å². The van der Waals surface area contributed by atoms with Crippen molar-refractivity contribution >= 4 is 5.91 Å². The molecule has 1 amide bonds. The van der Waals surface area contributed by atoms with Crippen LogP contribution in [0.1, 0.15) is 16.1 Å². The third-order valence-electron chi connectivity index (χ3n) is 1.57. The maximum absolute atomic E-state index is 12.6. The first-order valence-electron chi connectivity index (χ1n) is 3.80. The lowest BCUT2D eigenvalue weighted by Crippen LogP contribution is -2.20. The number of carbonyl (C=O) groups is 1. The van der Waals surface area contributed by atoms with Crippen molar-refractivity contribution in [3.63, 3.8) is 0 Å². The highest BCUT2D eigenvalue weighted by molar-refractivity contribution is 5.93. The molecule has 0 bridgehead atoms. The Bertz CT molecular complexity index is 389. The van der Waals surface area contributed by atoms with Gasteiger partial charge in [-0.25, -0.2) is 4.39 Å². The van der Waals surface area contributed by atoms with E-state index in [9.17, 15) is 22.4 Å². The van der Waals surface area contributed by atoms with Crippen LogP contribution in [0.2, 0.25) is 0 Å². The van der Waals surface area contributed by atoms with E-state index < -0.39 is 35.6 Å². The molecule has 15 heavy (non-hydrogen) atoms. The number of rotatable bonds is 2. The van der Waals surface area contributed by atoms with Gasteiger partial charge >= 0.3 is 6.18 Å². The Balaban J connectivity index is 3.12. The minimum Gasteiger partial charge on any atom is -0.366 e. The molecule has 2 N–H and O–H groups in total. The summed E-state index contributed by atoms with van der Waals surface area (Å²) in [7, 11) is 0. The van der Waals surface area contributed by atoms with Gasteiger partial charge in [-0.15, -0.1) is 0 Å². The maximum Gasteiger partial charge on any atom is 0.394 e. The number of amides is 1. The summed E-state index contributed by atoms with van der Waals surface area (Å²) < 4.78 is 48.6. The van der Waals surface area contributed by atoms with Gasteiger partial charge in [-0.1, -0.05) is 0 Å². The lowest BCUT2D eigenvalue weighted by atomic mass is 10.1. The summed E-state index contributed by atoms with van der Waals surface area (Å²) in [4.78, 5) is 13.9. The third-order valence-corrected chi connectivity index (χ3v) is 1.57. The van der Waals surface area contributed by atoms with Crippen LogP contribution in [0.4, 0.5) is 17.6 Å². The van der Waals surface area contributed by atoms with Gasteiger partial charge in [0.25, 0.3) is 5.91 Å². The minimum atomic E-state index is -4.52. The molecular formula is C8H6F4N2O. The quantitative estimate of drug-likeness (QED) is 0.769. The number of pyridine rings is 1. The molecule has 0 saturated carbocycles. The zero-order valence-corrected chi connectivity index (χ0v) is 7.31.